The SMILES string of the molecule is O=C(c1ccc(C2CCCCC2)cc1)c1cccc(Cl)c1. The van der Waals surface area contributed by atoms with Gasteiger partial charge in [0.25, 0.3) is 0 Å². The molecule has 0 atom stereocenters. The number of carbonyl (C=O) groups is 1. The zero-order chi connectivity index (χ0) is 14.7. The van der Waals surface area contributed by atoms with Gasteiger partial charge >= 0.3 is 0 Å². The lowest BCUT2D eigenvalue weighted by molar-refractivity contribution is 0.103. The summed E-state index contributed by atoms with van der Waals surface area (Å²) in [5, 5.41) is 0.597. The van der Waals surface area contributed by atoms with E-state index in [1.165, 1.54) is 37.7 Å². The molecule has 2 aromatic rings. The summed E-state index contributed by atoms with van der Waals surface area (Å²) in [5.74, 6) is 0.710. The van der Waals surface area contributed by atoms with E-state index < -0.39 is 0 Å². The molecule has 108 valence electrons. The highest BCUT2D eigenvalue weighted by atomic mass is 35.5. The molecule has 0 amide bonds. The summed E-state index contributed by atoms with van der Waals surface area (Å²) in [5.41, 5.74) is 2.75. The van der Waals surface area contributed by atoms with Crippen molar-refractivity contribution in [3.05, 3.63) is 70.2 Å². The summed E-state index contributed by atoms with van der Waals surface area (Å²) >= 11 is 5.95. The maximum atomic E-state index is 12.4. The van der Waals surface area contributed by atoms with Crippen molar-refractivity contribution in [3.8, 4) is 0 Å². The van der Waals surface area contributed by atoms with Crippen LogP contribution in [0.15, 0.2) is 48.5 Å². The lowest BCUT2D eigenvalue weighted by Gasteiger charge is -2.22. The number of benzene rings is 2. The Hall–Kier alpha value is -1.60. The Balaban J connectivity index is 1.78. The van der Waals surface area contributed by atoms with E-state index in [0.29, 0.717) is 16.5 Å². The van der Waals surface area contributed by atoms with Crippen molar-refractivity contribution in [1.29, 1.82) is 0 Å². The smallest absolute Gasteiger partial charge is 0.193 e. The molecular formula is C19H19ClO. The maximum Gasteiger partial charge on any atom is 0.193 e. The first kappa shape index (κ1) is 14.3. The summed E-state index contributed by atoms with van der Waals surface area (Å²) in [7, 11) is 0. The van der Waals surface area contributed by atoms with E-state index in [4.69, 9.17) is 11.6 Å². The molecule has 2 heteroatoms. The van der Waals surface area contributed by atoms with Gasteiger partial charge in [-0.25, -0.2) is 0 Å². The second-order valence-electron chi connectivity index (χ2n) is 5.80. The van der Waals surface area contributed by atoms with E-state index in [2.05, 4.69) is 12.1 Å². The molecule has 3 rings (SSSR count). The standard InChI is InChI=1S/C19H19ClO/c20-18-8-4-7-17(13-18)19(21)16-11-9-15(10-12-16)14-5-2-1-3-6-14/h4,7-14H,1-3,5-6H2. The third-order valence-corrected chi connectivity index (χ3v) is 4.57. The third kappa shape index (κ3) is 3.36. The van der Waals surface area contributed by atoms with Crippen LogP contribution >= 0.6 is 11.6 Å². The number of halogens is 1. The van der Waals surface area contributed by atoms with Crippen molar-refractivity contribution in [2.75, 3.05) is 0 Å². The van der Waals surface area contributed by atoms with Crippen LogP contribution in [0.3, 0.4) is 0 Å². The van der Waals surface area contributed by atoms with Crippen LogP contribution in [-0.4, -0.2) is 5.78 Å². The average Bonchev–Trinajstić information content (AvgIpc) is 2.55. The van der Waals surface area contributed by atoms with Gasteiger partial charge in [0.1, 0.15) is 0 Å². The Labute approximate surface area is 131 Å². The van der Waals surface area contributed by atoms with Gasteiger partial charge < -0.3 is 0 Å². The summed E-state index contributed by atoms with van der Waals surface area (Å²) < 4.78 is 0. The Morgan fingerprint density at radius 1 is 0.905 bits per heavy atom. The fourth-order valence-electron chi connectivity index (χ4n) is 3.14. The predicted octanol–water partition coefficient (Wildman–Crippen LogP) is 5.62. The van der Waals surface area contributed by atoms with Crippen LogP contribution in [-0.2, 0) is 0 Å². The topological polar surface area (TPSA) is 17.1 Å². The normalized spacial score (nSPS) is 15.9. The fraction of sp³-hybridized carbons (Fsp3) is 0.316. The van der Waals surface area contributed by atoms with Crippen LogP contribution in [0, 0.1) is 0 Å². The molecule has 0 radical (unpaired) electrons. The van der Waals surface area contributed by atoms with Crippen molar-refractivity contribution in [1.82, 2.24) is 0 Å². The van der Waals surface area contributed by atoms with E-state index in [1.807, 2.05) is 24.3 Å². The minimum absolute atomic E-state index is 0.0349. The zero-order valence-corrected chi connectivity index (χ0v) is 12.8. The van der Waals surface area contributed by atoms with Gasteiger partial charge in [0.2, 0.25) is 0 Å². The lowest BCUT2D eigenvalue weighted by atomic mass is 9.84. The minimum Gasteiger partial charge on any atom is -0.289 e. The molecule has 0 aromatic heterocycles. The van der Waals surface area contributed by atoms with Crippen molar-refractivity contribution in [2.45, 2.75) is 38.0 Å². The van der Waals surface area contributed by atoms with E-state index in [-0.39, 0.29) is 5.78 Å². The minimum atomic E-state index is 0.0349. The van der Waals surface area contributed by atoms with E-state index in [9.17, 15) is 4.79 Å². The molecule has 0 spiro atoms. The molecule has 1 aliphatic rings. The van der Waals surface area contributed by atoms with E-state index in [1.54, 1.807) is 12.1 Å². The molecule has 21 heavy (non-hydrogen) atoms. The molecule has 0 saturated heterocycles. The highest BCUT2D eigenvalue weighted by Crippen LogP contribution is 2.32. The first-order valence-electron chi connectivity index (χ1n) is 7.64. The van der Waals surface area contributed by atoms with Gasteiger partial charge in [0.05, 0.1) is 0 Å². The van der Waals surface area contributed by atoms with Gasteiger partial charge in [-0.3, -0.25) is 4.79 Å². The molecule has 1 aliphatic carbocycles. The highest BCUT2D eigenvalue weighted by molar-refractivity contribution is 6.31. The molecule has 1 fully saturated rings. The van der Waals surface area contributed by atoms with Crippen molar-refractivity contribution >= 4 is 17.4 Å². The average molecular weight is 299 g/mol. The van der Waals surface area contributed by atoms with Crippen LogP contribution in [0.25, 0.3) is 0 Å². The van der Waals surface area contributed by atoms with Crippen LogP contribution in [0.4, 0.5) is 0 Å². The molecule has 0 aliphatic heterocycles. The summed E-state index contributed by atoms with van der Waals surface area (Å²) in [6.45, 7) is 0. The number of hydrogen-bond donors (Lipinski definition) is 0. The monoisotopic (exact) mass is 298 g/mol. The Kier molecular flexibility index (Phi) is 4.40. The molecule has 0 heterocycles. The molecule has 1 saturated carbocycles. The van der Waals surface area contributed by atoms with Crippen molar-refractivity contribution in [2.24, 2.45) is 0 Å². The van der Waals surface area contributed by atoms with Gasteiger partial charge in [0.15, 0.2) is 5.78 Å². The second-order valence-corrected chi connectivity index (χ2v) is 6.23. The second kappa shape index (κ2) is 6.44. The lowest BCUT2D eigenvalue weighted by Crippen LogP contribution is -2.06. The predicted molar refractivity (Wildman–Crippen MR) is 87.2 cm³/mol. The Bertz CT molecular complexity index is 624. The summed E-state index contributed by atoms with van der Waals surface area (Å²) in [6.07, 6.45) is 6.58. The molecular weight excluding hydrogens is 280 g/mol. The van der Waals surface area contributed by atoms with Crippen molar-refractivity contribution in [3.63, 3.8) is 0 Å². The summed E-state index contributed by atoms with van der Waals surface area (Å²) in [6, 6.07) is 15.3. The first-order chi connectivity index (χ1) is 10.2. The fourth-order valence-corrected chi connectivity index (χ4v) is 3.33. The van der Waals surface area contributed by atoms with Crippen LogP contribution in [0.5, 0.6) is 0 Å². The third-order valence-electron chi connectivity index (χ3n) is 4.34. The first-order valence-corrected chi connectivity index (χ1v) is 8.02. The highest BCUT2D eigenvalue weighted by Gasteiger charge is 2.16. The molecule has 0 unspecified atom stereocenters. The van der Waals surface area contributed by atoms with Gasteiger partial charge in [-0.2, -0.15) is 0 Å². The number of hydrogen-bond acceptors (Lipinski definition) is 1. The zero-order valence-electron chi connectivity index (χ0n) is 12.0. The van der Waals surface area contributed by atoms with E-state index >= 15 is 0 Å². The maximum absolute atomic E-state index is 12.4. The summed E-state index contributed by atoms with van der Waals surface area (Å²) in [4.78, 5) is 12.4. The van der Waals surface area contributed by atoms with Crippen molar-refractivity contribution < 1.29 is 4.79 Å². The Morgan fingerprint density at radius 2 is 1.62 bits per heavy atom. The quantitative estimate of drug-likeness (QED) is 0.672. The molecule has 0 N–H and O–H groups in total. The number of carbonyl (C=O) groups excluding carboxylic acids is 1. The molecule has 2 aromatic carbocycles. The van der Waals surface area contributed by atoms with Gasteiger partial charge in [0, 0.05) is 16.1 Å². The van der Waals surface area contributed by atoms with Crippen LogP contribution in [0.2, 0.25) is 5.02 Å². The number of rotatable bonds is 3. The molecule has 0 bridgehead atoms. The van der Waals surface area contributed by atoms with Crippen LogP contribution < -0.4 is 0 Å². The molecule has 1 nitrogen and oxygen atoms in total. The number of ketones is 1. The largest absolute Gasteiger partial charge is 0.289 e. The van der Waals surface area contributed by atoms with Gasteiger partial charge in [-0.15, -0.1) is 0 Å². The van der Waals surface area contributed by atoms with Crippen LogP contribution in [0.1, 0.15) is 59.5 Å². The Morgan fingerprint density at radius 3 is 2.29 bits per heavy atom. The van der Waals surface area contributed by atoms with Gasteiger partial charge in [-0.1, -0.05) is 67.3 Å². The van der Waals surface area contributed by atoms with E-state index in [0.717, 1.165) is 5.56 Å². The van der Waals surface area contributed by atoms with Gasteiger partial charge in [-0.05, 0) is 36.5 Å².